The molecule has 1 aromatic carbocycles. The molecule has 1 aliphatic carbocycles. The minimum atomic E-state index is -0.318. The summed E-state index contributed by atoms with van der Waals surface area (Å²) >= 11 is 0. The molecule has 1 fully saturated rings. The van der Waals surface area contributed by atoms with E-state index < -0.39 is 0 Å². The van der Waals surface area contributed by atoms with Crippen LogP contribution < -0.4 is 5.73 Å². The molecule has 0 aliphatic heterocycles. The summed E-state index contributed by atoms with van der Waals surface area (Å²) in [7, 11) is 0. The fourth-order valence-corrected chi connectivity index (χ4v) is 1.53. The van der Waals surface area contributed by atoms with E-state index in [1.54, 1.807) is 0 Å². The number of hydrogen-bond donors (Lipinski definition) is 0. The summed E-state index contributed by atoms with van der Waals surface area (Å²) in [6.07, 6.45) is 1.79. The zero-order chi connectivity index (χ0) is 9.31. The van der Waals surface area contributed by atoms with Gasteiger partial charge in [-0.15, -0.1) is 0 Å². The Morgan fingerprint density at radius 2 is 1.92 bits per heavy atom. The molecule has 1 saturated carbocycles. The Kier molecular flexibility index (Phi) is 1.93. The molecule has 1 N–H and O–H groups in total. The standard InChI is InChI=1S/C11H12NO/c12-8-11(6-7-11)10(13)9-4-2-1-3-5-9/h1-5,12H,6-8H2. The van der Waals surface area contributed by atoms with E-state index in [1.807, 2.05) is 30.3 Å². The van der Waals surface area contributed by atoms with Crippen molar-refractivity contribution < 1.29 is 4.79 Å². The van der Waals surface area contributed by atoms with E-state index in [1.165, 1.54) is 0 Å². The Balaban J connectivity index is 2.24. The van der Waals surface area contributed by atoms with Crippen molar-refractivity contribution in [2.45, 2.75) is 12.8 Å². The van der Waals surface area contributed by atoms with E-state index >= 15 is 0 Å². The van der Waals surface area contributed by atoms with Gasteiger partial charge in [0.15, 0.2) is 5.78 Å². The topological polar surface area (TPSA) is 40.9 Å². The Morgan fingerprint density at radius 1 is 1.31 bits per heavy atom. The van der Waals surface area contributed by atoms with Gasteiger partial charge in [0.25, 0.3) is 0 Å². The van der Waals surface area contributed by atoms with Crippen molar-refractivity contribution in [3.63, 3.8) is 0 Å². The van der Waals surface area contributed by atoms with Crippen molar-refractivity contribution >= 4 is 5.78 Å². The van der Waals surface area contributed by atoms with Crippen molar-refractivity contribution in [1.29, 1.82) is 0 Å². The van der Waals surface area contributed by atoms with Crippen LogP contribution in [0.25, 0.3) is 0 Å². The average molecular weight is 174 g/mol. The Labute approximate surface area is 77.8 Å². The maximum Gasteiger partial charge on any atom is 0.170 e. The first-order valence-corrected chi connectivity index (χ1v) is 4.53. The molecular weight excluding hydrogens is 162 g/mol. The molecule has 0 unspecified atom stereocenters. The van der Waals surface area contributed by atoms with Gasteiger partial charge in [-0.25, -0.2) is 0 Å². The second-order valence-corrected chi connectivity index (χ2v) is 3.65. The van der Waals surface area contributed by atoms with Gasteiger partial charge in [-0.3, -0.25) is 10.5 Å². The highest BCUT2D eigenvalue weighted by atomic mass is 16.1. The number of carbonyl (C=O) groups excluding carboxylic acids is 1. The normalized spacial score (nSPS) is 18.2. The lowest BCUT2D eigenvalue weighted by Gasteiger charge is -2.09. The lowest BCUT2D eigenvalue weighted by atomic mass is 9.95. The van der Waals surface area contributed by atoms with Crippen LogP contribution in [0.1, 0.15) is 23.2 Å². The zero-order valence-electron chi connectivity index (χ0n) is 7.42. The molecule has 0 aromatic heterocycles. The Hall–Kier alpha value is -1.15. The molecule has 2 heteroatoms. The van der Waals surface area contributed by atoms with Gasteiger partial charge in [0.05, 0.1) is 0 Å². The highest BCUT2D eigenvalue weighted by molar-refractivity contribution is 6.02. The van der Waals surface area contributed by atoms with Crippen molar-refractivity contribution in [2.24, 2.45) is 5.41 Å². The second kappa shape index (κ2) is 2.96. The van der Waals surface area contributed by atoms with Crippen molar-refractivity contribution in [3.05, 3.63) is 35.9 Å². The number of hydrogen-bond acceptors (Lipinski definition) is 1. The highest BCUT2D eigenvalue weighted by Crippen LogP contribution is 2.47. The van der Waals surface area contributed by atoms with Crippen LogP contribution in [0.5, 0.6) is 0 Å². The predicted octanol–water partition coefficient (Wildman–Crippen LogP) is 1.93. The second-order valence-electron chi connectivity index (χ2n) is 3.65. The van der Waals surface area contributed by atoms with Crippen LogP contribution in [0, 0.1) is 5.41 Å². The van der Waals surface area contributed by atoms with Crippen LogP contribution in [0.4, 0.5) is 0 Å². The van der Waals surface area contributed by atoms with Gasteiger partial charge in [-0.05, 0) is 12.8 Å². The summed E-state index contributed by atoms with van der Waals surface area (Å²) in [6, 6.07) is 9.30. The van der Waals surface area contributed by atoms with Crippen LogP contribution >= 0.6 is 0 Å². The van der Waals surface area contributed by atoms with Crippen LogP contribution in [-0.4, -0.2) is 12.3 Å². The number of carbonyl (C=O) groups is 1. The molecule has 1 radical (unpaired) electrons. The monoisotopic (exact) mass is 174 g/mol. The van der Waals surface area contributed by atoms with Crippen molar-refractivity contribution in [3.8, 4) is 0 Å². The molecule has 0 heterocycles. The van der Waals surface area contributed by atoms with E-state index in [0.717, 1.165) is 18.4 Å². The minimum absolute atomic E-state index is 0.156. The molecule has 0 bridgehead atoms. The van der Waals surface area contributed by atoms with E-state index in [-0.39, 0.29) is 17.7 Å². The zero-order valence-corrected chi connectivity index (χ0v) is 7.42. The fourth-order valence-electron chi connectivity index (χ4n) is 1.53. The molecule has 2 nitrogen and oxygen atoms in total. The first-order valence-electron chi connectivity index (χ1n) is 4.53. The third-order valence-corrected chi connectivity index (χ3v) is 2.71. The predicted molar refractivity (Wildman–Crippen MR) is 50.4 cm³/mol. The van der Waals surface area contributed by atoms with Gasteiger partial charge >= 0.3 is 0 Å². The third kappa shape index (κ3) is 1.38. The third-order valence-electron chi connectivity index (χ3n) is 2.71. The fraction of sp³-hybridized carbons (Fsp3) is 0.364. The van der Waals surface area contributed by atoms with E-state index in [0.29, 0.717) is 0 Å². The van der Waals surface area contributed by atoms with Crippen molar-refractivity contribution in [1.82, 2.24) is 5.73 Å². The van der Waals surface area contributed by atoms with Crippen LogP contribution in [0.15, 0.2) is 30.3 Å². The molecule has 0 amide bonds. The molecule has 2 rings (SSSR count). The molecule has 0 spiro atoms. The summed E-state index contributed by atoms with van der Waals surface area (Å²) in [4.78, 5) is 11.8. The maximum absolute atomic E-state index is 11.8. The lowest BCUT2D eigenvalue weighted by Crippen LogP contribution is -2.20. The summed E-state index contributed by atoms with van der Waals surface area (Å²) in [6.45, 7) is 0.237. The van der Waals surface area contributed by atoms with Crippen LogP contribution in [-0.2, 0) is 0 Å². The SMILES string of the molecule is [NH]CC1(C(=O)c2ccccc2)CC1. The molecule has 1 aliphatic rings. The molecule has 13 heavy (non-hydrogen) atoms. The number of rotatable bonds is 3. The number of benzene rings is 1. The summed E-state index contributed by atoms with van der Waals surface area (Å²) in [5.74, 6) is 0.156. The van der Waals surface area contributed by atoms with Gasteiger partial charge < -0.3 is 0 Å². The molecule has 1 aromatic rings. The molecular formula is C11H12NO. The number of Topliss-reactive ketones (excluding diaryl/α,β-unsaturated/α-hetero) is 1. The van der Waals surface area contributed by atoms with Gasteiger partial charge in [-0.2, -0.15) is 0 Å². The maximum atomic E-state index is 11.8. The number of nitrogens with one attached hydrogen (secondary N) is 1. The van der Waals surface area contributed by atoms with Gasteiger partial charge in [0.2, 0.25) is 0 Å². The molecule has 0 atom stereocenters. The summed E-state index contributed by atoms with van der Waals surface area (Å²) in [5.41, 5.74) is 7.77. The van der Waals surface area contributed by atoms with Gasteiger partial charge in [-0.1, -0.05) is 30.3 Å². The van der Waals surface area contributed by atoms with E-state index in [2.05, 4.69) is 0 Å². The summed E-state index contributed by atoms with van der Waals surface area (Å²) in [5, 5.41) is 0. The van der Waals surface area contributed by atoms with E-state index in [4.69, 9.17) is 5.73 Å². The number of ketones is 1. The average Bonchev–Trinajstić information content (AvgIpc) is 2.99. The van der Waals surface area contributed by atoms with Crippen LogP contribution in [0.2, 0.25) is 0 Å². The van der Waals surface area contributed by atoms with Crippen LogP contribution in [0.3, 0.4) is 0 Å². The first-order chi connectivity index (χ1) is 6.28. The van der Waals surface area contributed by atoms with Crippen molar-refractivity contribution in [2.75, 3.05) is 6.54 Å². The summed E-state index contributed by atoms with van der Waals surface area (Å²) < 4.78 is 0. The lowest BCUT2D eigenvalue weighted by molar-refractivity contribution is 0.0904. The molecule has 0 saturated heterocycles. The van der Waals surface area contributed by atoms with Gasteiger partial charge in [0, 0.05) is 17.5 Å². The van der Waals surface area contributed by atoms with Gasteiger partial charge in [0.1, 0.15) is 0 Å². The smallest absolute Gasteiger partial charge is 0.170 e. The Morgan fingerprint density at radius 3 is 2.38 bits per heavy atom. The molecule has 67 valence electrons. The van der Waals surface area contributed by atoms with E-state index in [9.17, 15) is 4.79 Å². The largest absolute Gasteiger partial charge is 0.294 e. The quantitative estimate of drug-likeness (QED) is 0.645. The minimum Gasteiger partial charge on any atom is -0.294 e. The Bertz CT molecular complexity index is 314. The highest BCUT2D eigenvalue weighted by Gasteiger charge is 2.48. The first kappa shape index (κ1) is 8.45.